The molecule has 132 valence electrons. The number of aliphatic hydroxyl groups excluding tert-OH is 2. The molecule has 22 heavy (non-hydrogen) atoms. The molecule has 0 radical (unpaired) electrons. The second-order valence-corrected chi connectivity index (χ2v) is 6.64. The van der Waals surface area contributed by atoms with Crippen LogP contribution in [-0.2, 0) is 0 Å². The molecule has 0 aliphatic heterocycles. The Morgan fingerprint density at radius 1 is 0.864 bits per heavy atom. The summed E-state index contributed by atoms with van der Waals surface area (Å²) in [7, 11) is 0. The van der Waals surface area contributed by atoms with E-state index in [1.54, 1.807) is 6.08 Å². The minimum Gasteiger partial charge on any atom is -0.387 e. The molecule has 0 rings (SSSR count). The fraction of sp³-hybridized carbons (Fsp3) is 0.889. The number of halogens is 1. The van der Waals surface area contributed by atoms with E-state index in [2.05, 4.69) is 6.92 Å². The highest BCUT2D eigenvalue weighted by atomic mass is 35.5. The predicted molar refractivity (Wildman–Crippen MR) is 96.1 cm³/mol. The third-order valence-corrected chi connectivity index (χ3v) is 4.31. The van der Waals surface area contributed by atoms with Crippen LogP contribution in [-0.4, -0.2) is 27.9 Å². The van der Waals surface area contributed by atoms with Gasteiger partial charge in [-0.1, -0.05) is 94.9 Å². The number of hydrogen-bond donors (Lipinski definition) is 3. The molecule has 3 atom stereocenters. The molecule has 0 saturated carbocycles. The fourth-order valence-electron chi connectivity index (χ4n) is 2.45. The summed E-state index contributed by atoms with van der Waals surface area (Å²) >= 11 is 5.42. The van der Waals surface area contributed by atoms with Crippen molar-refractivity contribution in [1.29, 1.82) is 0 Å². The predicted octanol–water partition coefficient (Wildman–Crippen LogP) is 4.49. The van der Waals surface area contributed by atoms with Crippen molar-refractivity contribution < 1.29 is 10.2 Å². The molecule has 0 spiro atoms. The number of nitrogens with two attached hydrogens (primary N) is 1. The number of unbranched alkanes of at least 4 members (excludes halogenated alkanes) is 11. The van der Waals surface area contributed by atoms with Crippen molar-refractivity contribution in [2.75, 3.05) is 0 Å². The van der Waals surface area contributed by atoms with Gasteiger partial charge in [0.2, 0.25) is 0 Å². The summed E-state index contributed by atoms with van der Waals surface area (Å²) in [6, 6.07) is -0.824. The maximum Gasteiger partial charge on any atom is 0.145 e. The minimum absolute atomic E-state index is 0.824. The Labute approximate surface area is 141 Å². The van der Waals surface area contributed by atoms with Crippen LogP contribution in [0.5, 0.6) is 0 Å². The molecular formula is C18H36ClNO2. The first-order valence-electron chi connectivity index (χ1n) is 9.02. The largest absolute Gasteiger partial charge is 0.387 e. The van der Waals surface area contributed by atoms with E-state index in [1.807, 2.05) is 6.08 Å². The lowest BCUT2D eigenvalue weighted by Crippen LogP contribution is -2.41. The zero-order valence-corrected chi connectivity index (χ0v) is 15.0. The van der Waals surface area contributed by atoms with Gasteiger partial charge < -0.3 is 15.9 Å². The highest BCUT2D eigenvalue weighted by molar-refractivity contribution is 6.20. The standard InChI is InChI=1S/C18H36ClNO2/c1-2-3-4-5-6-7-8-9-10-11-12-13-14-15-16(21)17(20)18(19)22/h14-18,21-22H,2-13,20H2,1H3/b15-14+/t16-,17+,18?/m1/s1. The van der Waals surface area contributed by atoms with Crippen LogP contribution in [0.1, 0.15) is 84.0 Å². The Morgan fingerprint density at radius 2 is 1.32 bits per heavy atom. The van der Waals surface area contributed by atoms with Gasteiger partial charge >= 0.3 is 0 Å². The minimum atomic E-state index is -1.21. The molecule has 0 heterocycles. The molecule has 0 saturated heterocycles. The summed E-state index contributed by atoms with van der Waals surface area (Å²) in [5, 5.41) is 18.7. The summed E-state index contributed by atoms with van der Waals surface area (Å²) in [6.45, 7) is 2.26. The molecular weight excluding hydrogens is 298 g/mol. The van der Waals surface area contributed by atoms with Gasteiger partial charge in [0.25, 0.3) is 0 Å². The smallest absolute Gasteiger partial charge is 0.145 e. The second-order valence-electron chi connectivity index (χ2n) is 6.19. The van der Waals surface area contributed by atoms with Crippen LogP contribution in [0.15, 0.2) is 12.2 Å². The van der Waals surface area contributed by atoms with Crippen LogP contribution in [0.2, 0.25) is 0 Å². The van der Waals surface area contributed by atoms with Gasteiger partial charge in [-0.15, -0.1) is 0 Å². The van der Waals surface area contributed by atoms with Gasteiger partial charge in [0.1, 0.15) is 5.56 Å². The summed E-state index contributed by atoms with van der Waals surface area (Å²) in [4.78, 5) is 0. The molecule has 4 heteroatoms. The van der Waals surface area contributed by atoms with Crippen LogP contribution in [0.25, 0.3) is 0 Å². The van der Waals surface area contributed by atoms with Gasteiger partial charge in [-0.2, -0.15) is 0 Å². The van der Waals surface area contributed by atoms with Crippen LogP contribution < -0.4 is 5.73 Å². The Morgan fingerprint density at radius 3 is 1.77 bits per heavy atom. The third-order valence-electron chi connectivity index (χ3n) is 4.02. The number of rotatable bonds is 15. The van der Waals surface area contributed by atoms with Gasteiger partial charge in [0.05, 0.1) is 12.1 Å². The zero-order chi connectivity index (χ0) is 16.6. The molecule has 0 aliphatic carbocycles. The number of alkyl halides is 1. The van der Waals surface area contributed by atoms with Crippen molar-refractivity contribution >= 4 is 11.6 Å². The van der Waals surface area contributed by atoms with Gasteiger partial charge in [0.15, 0.2) is 0 Å². The van der Waals surface area contributed by atoms with Gasteiger partial charge in [-0.3, -0.25) is 0 Å². The van der Waals surface area contributed by atoms with Crippen LogP contribution in [0.3, 0.4) is 0 Å². The molecule has 1 unspecified atom stereocenters. The van der Waals surface area contributed by atoms with E-state index >= 15 is 0 Å². The maximum absolute atomic E-state index is 9.61. The number of hydrogen-bond acceptors (Lipinski definition) is 3. The van der Waals surface area contributed by atoms with E-state index in [4.69, 9.17) is 22.4 Å². The maximum atomic E-state index is 9.61. The van der Waals surface area contributed by atoms with Crippen LogP contribution in [0.4, 0.5) is 0 Å². The summed E-state index contributed by atoms with van der Waals surface area (Å²) in [5.74, 6) is 0. The van der Waals surface area contributed by atoms with Gasteiger partial charge in [-0.05, 0) is 12.8 Å². The molecule has 0 aromatic rings. The van der Waals surface area contributed by atoms with Crippen molar-refractivity contribution in [3.8, 4) is 0 Å². The van der Waals surface area contributed by atoms with Crippen molar-refractivity contribution in [3.63, 3.8) is 0 Å². The van der Waals surface area contributed by atoms with Crippen molar-refractivity contribution in [1.82, 2.24) is 0 Å². The summed E-state index contributed by atoms with van der Waals surface area (Å²) < 4.78 is 0. The normalized spacial score (nSPS) is 16.0. The Kier molecular flexibility index (Phi) is 15.7. The van der Waals surface area contributed by atoms with E-state index in [0.717, 1.165) is 12.8 Å². The molecule has 0 aliphatic rings. The summed E-state index contributed by atoms with van der Waals surface area (Å²) in [5.41, 5.74) is 4.32. The monoisotopic (exact) mass is 333 g/mol. The van der Waals surface area contributed by atoms with Crippen molar-refractivity contribution in [2.24, 2.45) is 5.73 Å². The molecule has 0 aromatic carbocycles. The molecule has 0 fully saturated rings. The van der Waals surface area contributed by atoms with Crippen LogP contribution in [0, 0.1) is 0 Å². The van der Waals surface area contributed by atoms with Gasteiger partial charge in [-0.25, -0.2) is 0 Å². The SMILES string of the molecule is CCCCCCCCCCCCC/C=C/[C@@H](O)[C@H](N)C(O)Cl. The van der Waals surface area contributed by atoms with E-state index in [9.17, 15) is 5.11 Å². The number of aliphatic hydroxyl groups is 2. The fourth-order valence-corrected chi connectivity index (χ4v) is 2.60. The van der Waals surface area contributed by atoms with E-state index in [1.165, 1.54) is 64.2 Å². The molecule has 0 bridgehead atoms. The Balaban J connectivity index is 3.29. The Bertz CT molecular complexity index is 259. The van der Waals surface area contributed by atoms with Gasteiger partial charge in [0, 0.05) is 0 Å². The van der Waals surface area contributed by atoms with Crippen LogP contribution >= 0.6 is 11.6 Å². The first-order chi connectivity index (χ1) is 10.6. The Hall–Kier alpha value is -0.0900. The highest BCUT2D eigenvalue weighted by Gasteiger charge is 2.18. The lowest BCUT2D eigenvalue weighted by molar-refractivity contribution is 0.124. The molecule has 3 nitrogen and oxygen atoms in total. The van der Waals surface area contributed by atoms with E-state index in [0.29, 0.717) is 0 Å². The topological polar surface area (TPSA) is 66.5 Å². The lowest BCUT2D eigenvalue weighted by atomic mass is 10.0. The lowest BCUT2D eigenvalue weighted by Gasteiger charge is -2.16. The molecule has 4 N–H and O–H groups in total. The molecule has 0 amide bonds. The van der Waals surface area contributed by atoms with E-state index in [-0.39, 0.29) is 0 Å². The quantitative estimate of drug-likeness (QED) is 0.235. The zero-order valence-electron chi connectivity index (χ0n) is 14.2. The van der Waals surface area contributed by atoms with Crippen molar-refractivity contribution in [2.45, 2.75) is 102 Å². The first kappa shape index (κ1) is 21.9. The average Bonchev–Trinajstić information content (AvgIpc) is 2.50. The second kappa shape index (κ2) is 15.8. The summed E-state index contributed by atoms with van der Waals surface area (Å²) in [6.07, 6.45) is 18.3. The average molecular weight is 334 g/mol. The molecule has 0 aromatic heterocycles. The first-order valence-corrected chi connectivity index (χ1v) is 9.45. The van der Waals surface area contributed by atoms with E-state index < -0.39 is 17.7 Å². The van der Waals surface area contributed by atoms with Crippen molar-refractivity contribution in [3.05, 3.63) is 12.2 Å². The third kappa shape index (κ3) is 13.6. The highest BCUT2D eigenvalue weighted by Crippen LogP contribution is 2.12. The number of allylic oxidation sites excluding steroid dienone is 1.